The van der Waals surface area contributed by atoms with Gasteiger partial charge in [-0.2, -0.15) is 0 Å². The molecule has 0 radical (unpaired) electrons. The summed E-state index contributed by atoms with van der Waals surface area (Å²) in [5, 5.41) is 6.14. The third-order valence-corrected chi connectivity index (χ3v) is 3.30. The van der Waals surface area contributed by atoms with Crippen LogP contribution in [0.3, 0.4) is 0 Å². The number of hydrogen-bond donors (Lipinski definition) is 2. The topological polar surface area (TPSA) is 50.4 Å². The van der Waals surface area contributed by atoms with Gasteiger partial charge in [0.25, 0.3) is 5.91 Å². The van der Waals surface area contributed by atoms with Crippen LogP contribution in [0.1, 0.15) is 36.5 Å². The van der Waals surface area contributed by atoms with Crippen molar-refractivity contribution in [1.29, 1.82) is 0 Å². The predicted octanol–water partition coefficient (Wildman–Crippen LogP) is 2.42. The zero-order valence-electron chi connectivity index (χ0n) is 11.4. The Balaban J connectivity index is 1.75. The molecular formula is C15H22N2O2. The fourth-order valence-electron chi connectivity index (χ4n) is 2.26. The van der Waals surface area contributed by atoms with Gasteiger partial charge in [-0.1, -0.05) is 0 Å². The van der Waals surface area contributed by atoms with E-state index in [0.29, 0.717) is 18.2 Å². The van der Waals surface area contributed by atoms with Crippen LogP contribution in [0.4, 0.5) is 5.69 Å². The minimum absolute atomic E-state index is 0.0129. The molecule has 4 heteroatoms. The van der Waals surface area contributed by atoms with Gasteiger partial charge in [0.2, 0.25) is 0 Å². The maximum absolute atomic E-state index is 11.9. The Hall–Kier alpha value is -1.55. The summed E-state index contributed by atoms with van der Waals surface area (Å²) in [6.07, 6.45) is 3.50. The molecule has 2 rings (SSSR count). The highest BCUT2D eigenvalue weighted by Gasteiger charge is 2.15. The molecule has 1 aliphatic rings. The van der Waals surface area contributed by atoms with E-state index in [1.54, 1.807) is 0 Å². The molecule has 19 heavy (non-hydrogen) atoms. The summed E-state index contributed by atoms with van der Waals surface area (Å²) in [7, 11) is 0. The van der Waals surface area contributed by atoms with E-state index in [9.17, 15) is 4.79 Å². The second kappa shape index (κ2) is 7.14. The van der Waals surface area contributed by atoms with Crippen molar-refractivity contribution in [3.63, 3.8) is 0 Å². The van der Waals surface area contributed by atoms with Crippen molar-refractivity contribution in [2.45, 2.75) is 32.3 Å². The summed E-state index contributed by atoms with van der Waals surface area (Å²) in [6, 6.07) is 7.55. The molecule has 0 bridgehead atoms. The van der Waals surface area contributed by atoms with Crippen molar-refractivity contribution >= 4 is 11.6 Å². The number of hydrogen-bond acceptors (Lipinski definition) is 3. The number of carbonyl (C=O) groups excluding carboxylic acids is 1. The SMILES string of the molecule is CCNc1ccc(C(=O)NCCC2CCCO2)cc1. The number of amides is 1. The number of nitrogens with one attached hydrogen (secondary N) is 2. The molecule has 1 heterocycles. The van der Waals surface area contributed by atoms with E-state index in [0.717, 1.165) is 38.1 Å². The molecular weight excluding hydrogens is 240 g/mol. The van der Waals surface area contributed by atoms with Crippen LogP contribution in [-0.4, -0.2) is 31.7 Å². The summed E-state index contributed by atoms with van der Waals surface area (Å²) in [6.45, 7) is 4.47. The van der Waals surface area contributed by atoms with E-state index in [1.165, 1.54) is 0 Å². The van der Waals surface area contributed by atoms with Crippen LogP contribution in [0, 0.1) is 0 Å². The molecule has 1 atom stereocenters. The molecule has 1 fully saturated rings. The lowest BCUT2D eigenvalue weighted by molar-refractivity contribution is 0.0907. The Morgan fingerprint density at radius 3 is 2.79 bits per heavy atom. The molecule has 1 aromatic rings. The lowest BCUT2D eigenvalue weighted by Crippen LogP contribution is -2.27. The summed E-state index contributed by atoms with van der Waals surface area (Å²) in [5.74, 6) is -0.0129. The Labute approximate surface area is 114 Å². The fraction of sp³-hybridized carbons (Fsp3) is 0.533. The molecule has 2 N–H and O–H groups in total. The van der Waals surface area contributed by atoms with Gasteiger partial charge >= 0.3 is 0 Å². The molecule has 0 aliphatic carbocycles. The van der Waals surface area contributed by atoms with Gasteiger partial charge in [-0.25, -0.2) is 0 Å². The quantitative estimate of drug-likeness (QED) is 0.827. The van der Waals surface area contributed by atoms with Crippen LogP contribution < -0.4 is 10.6 Å². The van der Waals surface area contributed by atoms with E-state index in [-0.39, 0.29) is 5.91 Å². The minimum Gasteiger partial charge on any atom is -0.385 e. The van der Waals surface area contributed by atoms with Gasteiger partial charge < -0.3 is 15.4 Å². The molecule has 1 unspecified atom stereocenters. The van der Waals surface area contributed by atoms with Crippen molar-refractivity contribution in [3.8, 4) is 0 Å². The summed E-state index contributed by atoms with van der Waals surface area (Å²) < 4.78 is 5.52. The van der Waals surface area contributed by atoms with Gasteiger partial charge in [0.05, 0.1) is 6.10 Å². The van der Waals surface area contributed by atoms with E-state index < -0.39 is 0 Å². The predicted molar refractivity (Wildman–Crippen MR) is 76.5 cm³/mol. The van der Waals surface area contributed by atoms with Gasteiger partial charge in [-0.05, 0) is 50.5 Å². The van der Waals surface area contributed by atoms with Crippen molar-refractivity contribution in [2.75, 3.05) is 25.0 Å². The Morgan fingerprint density at radius 1 is 1.37 bits per heavy atom. The zero-order chi connectivity index (χ0) is 13.5. The van der Waals surface area contributed by atoms with Crippen LogP contribution in [-0.2, 0) is 4.74 Å². The average Bonchev–Trinajstić information content (AvgIpc) is 2.93. The largest absolute Gasteiger partial charge is 0.385 e. The number of carbonyl (C=O) groups is 1. The van der Waals surface area contributed by atoms with Gasteiger partial charge in [0, 0.05) is 30.9 Å². The van der Waals surface area contributed by atoms with Gasteiger partial charge in [-0.3, -0.25) is 4.79 Å². The Kier molecular flexibility index (Phi) is 5.21. The van der Waals surface area contributed by atoms with Gasteiger partial charge in [-0.15, -0.1) is 0 Å². The normalized spacial score (nSPS) is 18.3. The lowest BCUT2D eigenvalue weighted by atomic mass is 10.1. The molecule has 0 spiro atoms. The van der Waals surface area contributed by atoms with Crippen molar-refractivity contribution in [2.24, 2.45) is 0 Å². The number of benzene rings is 1. The Morgan fingerprint density at radius 2 is 2.16 bits per heavy atom. The first-order valence-electron chi connectivity index (χ1n) is 7.03. The fourth-order valence-corrected chi connectivity index (χ4v) is 2.26. The van der Waals surface area contributed by atoms with Crippen molar-refractivity contribution in [1.82, 2.24) is 5.32 Å². The lowest BCUT2D eigenvalue weighted by Gasteiger charge is -2.10. The molecule has 1 aromatic carbocycles. The van der Waals surface area contributed by atoms with Crippen molar-refractivity contribution < 1.29 is 9.53 Å². The number of anilines is 1. The minimum atomic E-state index is -0.0129. The first-order valence-corrected chi connectivity index (χ1v) is 7.03. The highest BCUT2D eigenvalue weighted by atomic mass is 16.5. The van der Waals surface area contributed by atoms with Crippen LogP contribution in [0.25, 0.3) is 0 Å². The molecule has 0 saturated carbocycles. The monoisotopic (exact) mass is 262 g/mol. The molecule has 1 amide bonds. The van der Waals surface area contributed by atoms with Crippen LogP contribution >= 0.6 is 0 Å². The second-order valence-electron chi connectivity index (χ2n) is 4.79. The smallest absolute Gasteiger partial charge is 0.251 e. The highest BCUT2D eigenvalue weighted by Crippen LogP contribution is 2.14. The summed E-state index contributed by atoms with van der Waals surface area (Å²) in [5.41, 5.74) is 1.74. The van der Waals surface area contributed by atoms with Crippen LogP contribution in [0.2, 0.25) is 0 Å². The molecule has 1 saturated heterocycles. The van der Waals surface area contributed by atoms with Gasteiger partial charge in [0.1, 0.15) is 0 Å². The van der Waals surface area contributed by atoms with Crippen LogP contribution in [0.5, 0.6) is 0 Å². The molecule has 0 aromatic heterocycles. The average molecular weight is 262 g/mol. The first kappa shape index (κ1) is 13.9. The summed E-state index contributed by atoms with van der Waals surface area (Å²) >= 11 is 0. The standard InChI is InChI=1S/C15H22N2O2/c1-2-16-13-7-5-12(6-8-13)15(18)17-10-9-14-4-3-11-19-14/h5-8,14,16H,2-4,9-11H2,1H3,(H,17,18). The van der Waals surface area contributed by atoms with E-state index >= 15 is 0 Å². The molecule has 104 valence electrons. The third-order valence-electron chi connectivity index (χ3n) is 3.30. The van der Waals surface area contributed by atoms with Crippen molar-refractivity contribution in [3.05, 3.63) is 29.8 Å². The number of ether oxygens (including phenoxy) is 1. The van der Waals surface area contributed by atoms with E-state index in [4.69, 9.17) is 4.74 Å². The third kappa shape index (κ3) is 4.24. The Bertz CT molecular complexity index is 397. The molecule has 4 nitrogen and oxygen atoms in total. The summed E-state index contributed by atoms with van der Waals surface area (Å²) in [4.78, 5) is 11.9. The highest BCUT2D eigenvalue weighted by molar-refractivity contribution is 5.94. The van der Waals surface area contributed by atoms with Crippen LogP contribution in [0.15, 0.2) is 24.3 Å². The van der Waals surface area contributed by atoms with E-state index in [1.807, 2.05) is 31.2 Å². The maximum atomic E-state index is 11.9. The van der Waals surface area contributed by atoms with E-state index in [2.05, 4.69) is 10.6 Å². The van der Waals surface area contributed by atoms with Gasteiger partial charge in [0.15, 0.2) is 0 Å². The molecule has 1 aliphatic heterocycles. The number of rotatable bonds is 6. The second-order valence-corrected chi connectivity index (χ2v) is 4.79. The zero-order valence-corrected chi connectivity index (χ0v) is 11.4. The maximum Gasteiger partial charge on any atom is 0.251 e. The first-order chi connectivity index (χ1) is 9.29.